The predicted octanol–water partition coefficient (Wildman–Crippen LogP) is 2.49. The standard InChI is InChI=1S/C17H25BO4/c1-12-8-13(10-19)6-7-14(12)9-15(11-20)18-21-16(2,3)17(4,5)22-18/h6-9,19-20H,10-11H2,1-5H3. The highest BCUT2D eigenvalue weighted by molar-refractivity contribution is 6.55. The van der Waals surface area contributed by atoms with Gasteiger partial charge in [-0.25, -0.2) is 0 Å². The lowest BCUT2D eigenvalue weighted by molar-refractivity contribution is 0.00578. The van der Waals surface area contributed by atoms with Crippen molar-refractivity contribution < 1.29 is 19.5 Å². The molecule has 0 spiro atoms. The minimum absolute atomic E-state index is 0.0227. The van der Waals surface area contributed by atoms with Crippen LogP contribution in [0.5, 0.6) is 0 Å². The molecule has 0 atom stereocenters. The highest BCUT2D eigenvalue weighted by atomic mass is 16.7. The van der Waals surface area contributed by atoms with Crippen LogP contribution in [-0.2, 0) is 15.9 Å². The van der Waals surface area contributed by atoms with Gasteiger partial charge in [-0.3, -0.25) is 0 Å². The van der Waals surface area contributed by atoms with Crippen molar-refractivity contribution >= 4 is 13.2 Å². The Balaban J connectivity index is 2.29. The van der Waals surface area contributed by atoms with Crippen LogP contribution in [0.3, 0.4) is 0 Å². The highest BCUT2D eigenvalue weighted by Crippen LogP contribution is 2.38. The average molecular weight is 304 g/mol. The van der Waals surface area contributed by atoms with E-state index >= 15 is 0 Å². The quantitative estimate of drug-likeness (QED) is 0.839. The lowest BCUT2D eigenvalue weighted by Crippen LogP contribution is -2.41. The van der Waals surface area contributed by atoms with E-state index in [-0.39, 0.29) is 13.2 Å². The second-order valence-electron chi connectivity index (χ2n) is 6.81. The van der Waals surface area contributed by atoms with E-state index in [2.05, 4.69) is 0 Å². The van der Waals surface area contributed by atoms with Gasteiger partial charge in [0.05, 0.1) is 24.4 Å². The van der Waals surface area contributed by atoms with Crippen molar-refractivity contribution in [3.63, 3.8) is 0 Å². The average Bonchev–Trinajstić information content (AvgIpc) is 2.65. The van der Waals surface area contributed by atoms with Crippen LogP contribution >= 0.6 is 0 Å². The summed E-state index contributed by atoms with van der Waals surface area (Å²) in [6, 6.07) is 5.74. The van der Waals surface area contributed by atoms with E-state index < -0.39 is 18.3 Å². The Morgan fingerprint density at radius 1 is 1.14 bits per heavy atom. The van der Waals surface area contributed by atoms with Gasteiger partial charge in [-0.2, -0.15) is 0 Å². The lowest BCUT2D eigenvalue weighted by atomic mass is 9.77. The molecule has 0 bridgehead atoms. The summed E-state index contributed by atoms with van der Waals surface area (Å²) in [5.41, 5.74) is 2.72. The second-order valence-corrected chi connectivity index (χ2v) is 6.81. The monoisotopic (exact) mass is 304 g/mol. The van der Waals surface area contributed by atoms with Gasteiger partial charge in [0.2, 0.25) is 0 Å². The van der Waals surface area contributed by atoms with Crippen molar-refractivity contribution in [3.8, 4) is 0 Å². The van der Waals surface area contributed by atoms with Gasteiger partial charge in [0.25, 0.3) is 0 Å². The molecule has 120 valence electrons. The zero-order chi connectivity index (χ0) is 16.5. The molecule has 1 fully saturated rings. The Kier molecular flexibility index (Phi) is 4.83. The van der Waals surface area contributed by atoms with Crippen LogP contribution in [0.4, 0.5) is 0 Å². The van der Waals surface area contributed by atoms with Gasteiger partial charge in [-0.15, -0.1) is 0 Å². The van der Waals surface area contributed by atoms with Crippen LogP contribution in [0.15, 0.2) is 23.7 Å². The summed E-state index contributed by atoms with van der Waals surface area (Å²) < 4.78 is 12.0. The van der Waals surface area contributed by atoms with Crippen molar-refractivity contribution in [2.24, 2.45) is 0 Å². The van der Waals surface area contributed by atoms with Crippen LogP contribution in [0.1, 0.15) is 44.4 Å². The Hall–Kier alpha value is -1.14. The molecule has 1 aliphatic heterocycles. The van der Waals surface area contributed by atoms with E-state index in [9.17, 15) is 10.2 Å². The number of benzene rings is 1. The third-order valence-corrected chi connectivity index (χ3v) is 4.60. The molecule has 0 aliphatic carbocycles. The molecular formula is C17H25BO4. The fraction of sp³-hybridized carbons (Fsp3) is 0.529. The van der Waals surface area contributed by atoms with Crippen molar-refractivity contribution in [3.05, 3.63) is 40.4 Å². The van der Waals surface area contributed by atoms with Gasteiger partial charge in [0, 0.05) is 0 Å². The summed E-state index contributed by atoms with van der Waals surface area (Å²) in [6.07, 6.45) is 1.90. The van der Waals surface area contributed by atoms with Gasteiger partial charge in [0.1, 0.15) is 0 Å². The van der Waals surface area contributed by atoms with Crippen molar-refractivity contribution in [2.45, 2.75) is 52.4 Å². The van der Waals surface area contributed by atoms with E-state index in [1.165, 1.54) is 0 Å². The lowest BCUT2D eigenvalue weighted by Gasteiger charge is -2.32. The summed E-state index contributed by atoms with van der Waals surface area (Å²) in [5.74, 6) is 0. The summed E-state index contributed by atoms with van der Waals surface area (Å²) in [4.78, 5) is 0. The Labute approximate surface area is 132 Å². The summed E-state index contributed by atoms with van der Waals surface area (Å²) in [6.45, 7) is 9.83. The summed E-state index contributed by atoms with van der Waals surface area (Å²) in [7, 11) is -0.549. The first-order valence-corrected chi connectivity index (χ1v) is 7.57. The molecule has 0 saturated carbocycles. The zero-order valence-electron chi connectivity index (χ0n) is 14.0. The fourth-order valence-electron chi connectivity index (χ4n) is 2.38. The molecule has 1 aromatic carbocycles. The molecule has 5 heteroatoms. The van der Waals surface area contributed by atoms with Crippen molar-refractivity contribution in [1.82, 2.24) is 0 Å². The molecule has 1 heterocycles. The summed E-state index contributed by atoms with van der Waals surface area (Å²) in [5, 5.41) is 18.9. The highest BCUT2D eigenvalue weighted by Gasteiger charge is 2.52. The normalized spacial score (nSPS) is 20.5. The van der Waals surface area contributed by atoms with E-state index in [0.29, 0.717) is 5.47 Å². The Morgan fingerprint density at radius 2 is 1.73 bits per heavy atom. The number of rotatable bonds is 4. The molecule has 22 heavy (non-hydrogen) atoms. The van der Waals surface area contributed by atoms with E-state index in [1.807, 2.05) is 58.9 Å². The number of aryl methyl sites for hydroxylation is 1. The van der Waals surface area contributed by atoms with E-state index in [0.717, 1.165) is 16.7 Å². The molecule has 1 aromatic rings. The zero-order valence-corrected chi connectivity index (χ0v) is 14.0. The third kappa shape index (κ3) is 3.28. The van der Waals surface area contributed by atoms with Crippen molar-refractivity contribution in [2.75, 3.05) is 6.61 Å². The minimum atomic E-state index is -0.549. The van der Waals surface area contributed by atoms with Crippen LogP contribution in [0.25, 0.3) is 6.08 Å². The molecule has 0 unspecified atom stereocenters. The molecule has 2 rings (SSSR count). The molecule has 0 amide bonds. The molecule has 0 radical (unpaired) electrons. The first-order chi connectivity index (χ1) is 10.2. The largest absolute Gasteiger partial charge is 0.492 e. The van der Waals surface area contributed by atoms with Crippen LogP contribution < -0.4 is 0 Å². The Morgan fingerprint density at radius 3 is 2.18 bits per heavy atom. The fourth-order valence-corrected chi connectivity index (χ4v) is 2.38. The SMILES string of the molecule is Cc1cc(CO)ccc1C=C(CO)B1OC(C)(C)C(C)(C)O1. The van der Waals surface area contributed by atoms with Gasteiger partial charge >= 0.3 is 7.12 Å². The minimum Gasteiger partial charge on any atom is -0.400 e. The Bertz CT molecular complexity index is 562. The van der Waals surface area contributed by atoms with Crippen LogP contribution in [0.2, 0.25) is 0 Å². The van der Waals surface area contributed by atoms with Crippen molar-refractivity contribution in [1.29, 1.82) is 0 Å². The summed E-state index contributed by atoms with van der Waals surface area (Å²) >= 11 is 0. The molecule has 1 aliphatic rings. The molecule has 4 nitrogen and oxygen atoms in total. The molecular weight excluding hydrogens is 279 g/mol. The molecule has 2 N–H and O–H groups in total. The third-order valence-electron chi connectivity index (χ3n) is 4.60. The van der Waals surface area contributed by atoms with E-state index in [1.54, 1.807) is 0 Å². The number of hydrogen-bond acceptors (Lipinski definition) is 4. The molecule has 1 saturated heterocycles. The van der Waals surface area contributed by atoms with Gasteiger partial charge in [-0.1, -0.05) is 24.3 Å². The number of aliphatic hydroxyl groups is 2. The maximum atomic E-state index is 9.71. The predicted molar refractivity (Wildman–Crippen MR) is 88.2 cm³/mol. The number of aliphatic hydroxyl groups excluding tert-OH is 2. The van der Waals surface area contributed by atoms with Gasteiger partial charge in [-0.05, 0) is 56.8 Å². The van der Waals surface area contributed by atoms with E-state index in [4.69, 9.17) is 9.31 Å². The second kappa shape index (κ2) is 6.16. The maximum Gasteiger partial charge on any atom is 0.492 e. The van der Waals surface area contributed by atoms with Crippen LogP contribution in [0, 0.1) is 6.92 Å². The van der Waals surface area contributed by atoms with Gasteiger partial charge in [0.15, 0.2) is 0 Å². The first kappa shape index (κ1) is 17.2. The van der Waals surface area contributed by atoms with Gasteiger partial charge < -0.3 is 19.5 Å². The smallest absolute Gasteiger partial charge is 0.400 e. The molecule has 0 aromatic heterocycles. The first-order valence-electron chi connectivity index (χ1n) is 7.57. The topological polar surface area (TPSA) is 58.9 Å². The maximum absolute atomic E-state index is 9.71. The number of hydrogen-bond donors (Lipinski definition) is 2. The van der Waals surface area contributed by atoms with Crippen LogP contribution in [-0.4, -0.2) is 35.1 Å².